The summed E-state index contributed by atoms with van der Waals surface area (Å²) in [5.41, 5.74) is 0. The smallest absolute Gasteiger partial charge is 0.243 e. The topological polar surface area (TPSA) is 32.3 Å². The third-order valence-corrected chi connectivity index (χ3v) is 1.74. The Kier molecular flexibility index (Phi) is 6.38. The molecule has 12 heavy (non-hydrogen) atoms. The summed E-state index contributed by atoms with van der Waals surface area (Å²) in [6.07, 6.45) is 2.29. The molecule has 0 aromatic heterocycles. The van der Waals surface area contributed by atoms with E-state index in [4.69, 9.17) is 0 Å². The first kappa shape index (κ1) is 11.2. The molecule has 0 aliphatic carbocycles. The lowest BCUT2D eigenvalue weighted by Crippen LogP contribution is -2.26. The minimum absolute atomic E-state index is 0.0887. The number of hydrogen-bond donors (Lipinski definition) is 1. The van der Waals surface area contributed by atoms with Crippen molar-refractivity contribution >= 4 is 5.91 Å². The molecule has 0 saturated heterocycles. The molecule has 0 rings (SSSR count). The van der Waals surface area contributed by atoms with Crippen LogP contribution in [-0.4, -0.2) is 37.5 Å². The molecule has 1 amide bonds. The van der Waals surface area contributed by atoms with Crippen LogP contribution in [0.4, 0.5) is 0 Å². The molecule has 0 aromatic rings. The predicted molar refractivity (Wildman–Crippen MR) is 51.0 cm³/mol. The van der Waals surface area contributed by atoms with Gasteiger partial charge in [-0.2, -0.15) is 0 Å². The number of carbonyl (C=O) groups excluding carboxylic acids is 1. The maximum Gasteiger partial charge on any atom is 0.243 e. The normalized spacial score (nSPS) is 9.92. The maximum absolute atomic E-state index is 10.7. The monoisotopic (exact) mass is 170 g/mol. The van der Waals surface area contributed by atoms with E-state index in [1.807, 2.05) is 0 Å². The van der Waals surface area contributed by atoms with Gasteiger partial charge in [-0.1, -0.05) is 13.5 Å². The number of rotatable bonds is 6. The summed E-state index contributed by atoms with van der Waals surface area (Å²) in [5.74, 6) is -0.0887. The van der Waals surface area contributed by atoms with E-state index in [0.717, 1.165) is 26.1 Å². The molecule has 0 spiro atoms. The molecule has 0 aliphatic rings. The Labute approximate surface area is 74.4 Å². The quantitative estimate of drug-likeness (QED) is 0.468. The third-order valence-electron chi connectivity index (χ3n) is 1.74. The van der Waals surface area contributed by atoms with E-state index in [0.29, 0.717) is 0 Å². The van der Waals surface area contributed by atoms with Crippen LogP contribution >= 0.6 is 0 Å². The van der Waals surface area contributed by atoms with Crippen LogP contribution in [0.5, 0.6) is 0 Å². The number of carbonyl (C=O) groups is 1. The molecule has 0 heterocycles. The zero-order chi connectivity index (χ0) is 9.40. The van der Waals surface area contributed by atoms with Crippen molar-refractivity contribution in [2.75, 3.05) is 26.7 Å². The Hall–Kier alpha value is -0.830. The summed E-state index contributed by atoms with van der Waals surface area (Å²) in [5, 5.41) is 2.73. The number of amides is 1. The standard InChI is InChI=1S/C9H18N2O/c1-4-9(12)10-7-6-8-11(3)5-2/h4H,1,5-8H2,2-3H3,(H,10,12). The van der Waals surface area contributed by atoms with Gasteiger partial charge >= 0.3 is 0 Å². The van der Waals surface area contributed by atoms with Gasteiger partial charge in [0, 0.05) is 6.54 Å². The highest BCUT2D eigenvalue weighted by molar-refractivity contribution is 5.86. The lowest BCUT2D eigenvalue weighted by atomic mass is 10.4. The van der Waals surface area contributed by atoms with Crippen molar-refractivity contribution in [2.45, 2.75) is 13.3 Å². The first-order chi connectivity index (χ1) is 5.70. The maximum atomic E-state index is 10.7. The second kappa shape index (κ2) is 6.85. The van der Waals surface area contributed by atoms with E-state index in [2.05, 4.69) is 30.8 Å². The zero-order valence-electron chi connectivity index (χ0n) is 7.97. The molecule has 0 aliphatic heterocycles. The highest BCUT2D eigenvalue weighted by Gasteiger charge is 1.95. The van der Waals surface area contributed by atoms with Gasteiger partial charge in [-0.25, -0.2) is 0 Å². The van der Waals surface area contributed by atoms with Gasteiger partial charge in [-0.15, -0.1) is 0 Å². The fourth-order valence-corrected chi connectivity index (χ4v) is 0.791. The fourth-order valence-electron chi connectivity index (χ4n) is 0.791. The highest BCUT2D eigenvalue weighted by Crippen LogP contribution is 1.84. The van der Waals surface area contributed by atoms with Gasteiger partial charge in [0.1, 0.15) is 0 Å². The van der Waals surface area contributed by atoms with Gasteiger partial charge in [0.2, 0.25) is 5.91 Å². The van der Waals surface area contributed by atoms with Gasteiger partial charge in [0.05, 0.1) is 0 Å². The molecule has 70 valence electrons. The second-order valence-corrected chi connectivity index (χ2v) is 2.74. The van der Waals surface area contributed by atoms with Crippen molar-refractivity contribution in [2.24, 2.45) is 0 Å². The van der Waals surface area contributed by atoms with Gasteiger partial charge in [-0.05, 0) is 32.6 Å². The average Bonchev–Trinajstić information content (AvgIpc) is 2.11. The van der Waals surface area contributed by atoms with Crippen LogP contribution in [0.3, 0.4) is 0 Å². The lowest BCUT2D eigenvalue weighted by molar-refractivity contribution is -0.116. The van der Waals surface area contributed by atoms with E-state index in [1.54, 1.807) is 0 Å². The van der Waals surface area contributed by atoms with E-state index in [9.17, 15) is 4.79 Å². The molecule has 0 bridgehead atoms. The van der Waals surface area contributed by atoms with Crippen molar-refractivity contribution in [3.8, 4) is 0 Å². The van der Waals surface area contributed by atoms with Crippen molar-refractivity contribution in [3.63, 3.8) is 0 Å². The number of hydrogen-bond acceptors (Lipinski definition) is 2. The molecule has 0 saturated carbocycles. The molecule has 1 N–H and O–H groups in total. The molecule has 3 heteroatoms. The van der Waals surface area contributed by atoms with E-state index in [1.165, 1.54) is 6.08 Å². The fraction of sp³-hybridized carbons (Fsp3) is 0.667. The molecule has 0 atom stereocenters. The van der Waals surface area contributed by atoms with Crippen molar-refractivity contribution in [1.82, 2.24) is 10.2 Å². The summed E-state index contributed by atoms with van der Waals surface area (Å²) in [6.45, 7) is 8.29. The number of nitrogens with zero attached hydrogens (tertiary/aromatic N) is 1. The van der Waals surface area contributed by atoms with Gasteiger partial charge in [0.25, 0.3) is 0 Å². The Morgan fingerprint density at radius 1 is 1.67 bits per heavy atom. The van der Waals surface area contributed by atoms with Crippen LogP contribution in [0.1, 0.15) is 13.3 Å². The Bertz CT molecular complexity index is 145. The molecular weight excluding hydrogens is 152 g/mol. The third kappa shape index (κ3) is 5.92. The zero-order valence-corrected chi connectivity index (χ0v) is 7.97. The molecule has 0 unspecified atom stereocenters. The Balaban J connectivity index is 3.21. The summed E-state index contributed by atoms with van der Waals surface area (Å²) >= 11 is 0. The number of nitrogens with one attached hydrogen (secondary N) is 1. The van der Waals surface area contributed by atoms with Crippen molar-refractivity contribution in [3.05, 3.63) is 12.7 Å². The summed E-state index contributed by atoms with van der Waals surface area (Å²) in [7, 11) is 2.06. The molecular formula is C9H18N2O. The van der Waals surface area contributed by atoms with Gasteiger partial charge in [-0.3, -0.25) is 4.79 Å². The van der Waals surface area contributed by atoms with E-state index in [-0.39, 0.29) is 5.91 Å². The summed E-state index contributed by atoms with van der Waals surface area (Å²) in [6, 6.07) is 0. The predicted octanol–water partition coefficient (Wildman–Crippen LogP) is 0.630. The van der Waals surface area contributed by atoms with Gasteiger partial charge < -0.3 is 10.2 Å². The van der Waals surface area contributed by atoms with Crippen molar-refractivity contribution in [1.29, 1.82) is 0 Å². The van der Waals surface area contributed by atoms with Crippen LogP contribution in [0.2, 0.25) is 0 Å². The molecule has 3 nitrogen and oxygen atoms in total. The van der Waals surface area contributed by atoms with Crippen LogP contribution in [-0.2, 0) is 4.79 Å². The SMILES string of the molecule is C=CC(=O)NCCCN(C)CC. The second-order valence-electron chi connectivity index (χ2n) is 2.74. The first-order valence-electron chi connectivity index (χ1n) is 4.29. The van der Waals surface area contributed by atoms with Gasteiger partial charge in [0.15, 0.2) is 0 Å². The van der Waals surface area contributed by atoms with Crippen LogP contribution in [0.15, 0.2) is 12.7 Å². The lowest BCUT2D eigenvalue weighted by Gasteiger charge is -2.12. The van der Waals surface area contributed by atoms with Crippen LogP contribution in [0, 0.1) is 0 Å². The molecule has 0 radical (unpaired) electrons. The highest BCUT2D eigenvalue weighted by atomic mass is 16.1. The summed E-state index contributed by atoms with van der Waals surface area (Å²) < 4.78 is 0. The average molecular weight is 170 g/mol. The molecule has 0 aromatic carbocycles. The molecule has 0 fully saturated rings. The minimum atomic E-state index is -0.0887. The van der Waals surface area contributed by atoms with E-state index >= 15 is 0 Å². The van der Waals surface area contributed by atoms with Crippen LogP contribution in [0.25, 0.3) is 0 Å². The Morgan fingerprint density at radius 2 is 2.33 bits per heavy atom. The Morgan fingerprint density at radius 3 is 2.83 bits per heavy atom. The first-order valence-corrected chi connectivity index (χ1v) is 4.29. The van der Waals surface area contributed by atoms with Crippen molar-refractivity contribution < 1.29 is 4.79 Å². The summed E-state index contributed by atoms with van der Waals surface area (Å²) in [4.78, 5) is 12.9. The minimum Gasteiger partial charge on any atom is -0.353 e. The van der Waals surface area contributed by atoms with E-state index < -0.39 is 0 Å². The van der Waals surface area contributed by atoms with Crippen LogP contribution < -0.4 is 5.32 Å². The largest absolute Gasteiger partial charge is 0.353 e.